The fourth-order valence-corrected chi connectivity index (χ4v) is 10.1. The molecule has 8 nitrogen and oxygen atoms in total. The Kier molecular flexibility index (Phi) is 9.39. The van der Waals surface area contributed by atoms with Crippen LogP contribution in [0.4, 0.5) is 5.69 Å². The molecule has 250 valence electrons. The minimum Gasteiger partial charge on any atom is -0.490 e. The summed E-state index contributed by atoms with van der Waals surface area (Å²) in [6, 6.07) is 11.6. The van der Waals surface area contributed by atoms with E-state index in [2.05, 4.69) is 38.9 Å². The molecule has 2 aliphatic heterocycles. The molecular formula is C36H42ClN3O5S2. The highest BCUT2D eigenvalue weighted by atomic mass is 35.5. The highest BCUT2D eigenvalue weighted by Gasteiger charge is 2.44. The smallest absolute Gasteiger partial charge is 0.264 e. The van der Waals surface area contributed by atoms with Gasteiger partial charge in [0.1, 0.15) is 10.8 Å². The van der Waals surface area contributed by atoms with E-state index in [-0.39, 0.29) is 11.5 Å². The molecule has 11 heteroatoms. The van der Waals surface area contributed by atoms with Crippen molar-refractivity contribution in [2.45, 2.75) is 81.7 Å². The van der Waals surface area contributed by atoms with E-state index in [4.69, 9.17) is 21.1 Å². The fraction of sp³-hybridized carbons (Fsp3) is 0.500. The van der Waals surface area contributed by atoms with Gasteiger partial charge in [0, 0.05) is 40.7 Å². The number of fused-ring (bicyclic) bond motifs is 4. The summed E-state index contributed by atoms with van der Waals surface area (Å²) < 4.78 is 42.4. The molecule has 47 heavy (non-hydrogen) atoms. The lowest BCUT2D eigenvalue weighted by molar-refractivity contribution is -0.0227. The van der Waals surface area contributed by atoms with Crippen LogP contribution >= 0.6 is 22.9 Å². The predicted molar refractivity (Wildman–Crippen MR) is 186 cm³/mol. The van der Waals surface area contributed by atoms with Crippen LogP contribution in [0.15, 0.2) is 60.1 Å². The van der Waals surface area contributed by atoms with Gasteiger partial charge in [-0.05, 0) is 105 Å². The Bertz CT molecular complexity index is 1750. The number of rotatable bonds is 4. The van der Waals surface area contributed by atoms with Crippen molar-refractivity contribution < 1.29 is 22.7 Å². The second-order valence-corrected chi connectivity index (χ2v) is 16.9. The highest BCUT2D eigenvalue weighted by Crippen LogP contribution is 2.47. The Balaban J connectivity index is 1.28. The summed E-state index contributed by atoms with van der Waals surface area (Å²) in [7, 11) is -3.89. The molecule has 4 aliphatic rings. The second kappa shape index (κ2) is 13.5. The normalized spacial score (nSPS) is 29.4. The summed E-state index contributed by atoms with van der Waals surface area (Å²) in [5.41, 5.74) is 3.43. The van der Waals surface area contributed by atoms with Crippen LogP contribution in [0.25, 0.3) is 0 Å². The summed E-state index contributed by atoms with van der Waals surface area (Å²) in [4.78, 5) is 20.3. The number of hydrogen-bond acceptors (Lipinski definition) is 8. The van der Waals surface area contributed by atoms with E-state index in [9.17, 15) is 13.2 Å². The molecule has 0 radical (unpaired) electrons. The first kappa shape index (κ1) is 32.6. The van der Waals surface area contributed by atoms with Gasteiger partial charge in [-0.2, -0.15) is 0 Å². The van der Waals surface area contributed by atoms with Crippen LogP contribution in [0.5, 0.6) is 5.75 Å². The van der Waals surface area contributed by atoms with Gasteiger partial charge in [-0.3, -0.25) is 4.79 Å². The summed E-state index contributed by atoms with van der Waals surface area (Å²) >= 11 is 8.03. The van der Waals surface area contributed by atoms with Crippen LogP contribution in [0, 0.1) is 11.8 Å². The Morgan fingerprint density at radius 2 is 2.09 bits per heavy atom. The van der Waals surface area contributed by atoms with Crippen molar-refractivity contribution in [2.24, 2.45) is 11.8 Å². The lowest BCUT2D eigenvalue weighted by Gasteiger charge is -2.46. The van der Waals surface area contributed by atoms with E-state index in [1.165, 1.54) is 11.1 Å². The fourth-order valence-electron chi connectivity index (χ4n) is 7.97. The molecule has 7 rings (SSSR count). The van der Waals surface area contributed by atoms with Crippen LogP contribution in [0.1, 0.15) is 78.4 Å². The molecule has 1 spiro atoms. The molecule has 3 heterocycles. The number of halogens is 1. The molecule has 1 aromatic heterocycles. The molecule has 0 saturated heterocycles. The molecular weight excluding hydrogens is 654 g/mol. The zero-order valence-electron chi connectivity index (χ0n) is 26.7. The van der Waals surface area contributed by atoms with Gasteiger partial charge >= 0.3 is 0 Å². The van der Waals surface area contributed by atoms with Crippen LogP contribution in [0.2, 0.25) is 5.02 Å². The van der Waals surface area contributed by atoms with Crippen molar-refractivity contribution in [2.75, 3.05) is 24.6 Å². The molecule has 2 aromatic carbocycles. The molecule has 2 aliphatic carbocycles. The minimum absolute atomic E-state index is 0.109. The number of allylic oxidation sites excluding steroid dienone is 1. The molecule has 0 unspecified atom stereocenters. The number of anilines is 1. The van der Waals surface area contributed by atoms with Crippen molar-refractivity contribution in [1.29, 1.82) is 0 Å². The highest BCUT2D eigenvalue weighted by molar-refractivity contribution is 7.90. The van der Waals surface area contributed by atoms with Crippen molar-refractivity contribution in [3.63, 3.8) is 0 Å². The zero-order valence-corrected chi connectivity index (χ0v) is 29.1. The molecule has 3 aromatic rings. The van der Waals surface area contributed by atoms with Gasteiger partial charge < -0.3 is 14.4 Å². The number of aryl methyl sites for hydroxylation is 1. The molecule has 1 fully saturated rings. The number of nitrogens with one attached hydrogen (secondary N) is 1. The molecule has 2 bridgehead atoms. The number of hydrogen-bond donors (Lipinski definition) is 1. The number of ether oxygens (including phenoxy) is 2. The summed E-state index contributed by atoms with van der Waals surface area (Å²) in [6.07, 6.45) is 12.4. The lowest BCUT2D eigenvalue weighted by Crippen LogP contribution is -2.49. The summed E-state index contributed by atoms with van der Waals surface area (Å²) in [6.45, 7) is 4.30. The van der Waals surface area contributed by atoms with E-state index in [1.54, 1.807) is 23.6 Å². The molecule has 1 N–H and O–H groups in total. The first-order chi connectivity index (χ1) is 22.7. The van der Waals surface area contributed by atoms with Gasteiger partial charge in [0.25, 0.3) is 5.91 Å². The van der Waals surface area contributed by atoms with E-state index < -0.39 is 21.2 Å². The van der Waals surface area contributed by atoms with Gasteiger partial charge in [-0.25, -0.2) is 18.1 Å². The third kappa shape index (κ3) is 6.71. The zero-order chi connectivity index (χ0) is 32.6. The van der Waals surface area contributed by atoms with Gasteiger partial charge in [0.05, 0.1) is 30.3 Å². The van der Waals surface area contributed by atoms with E-state index in [0.717, 1.165) is 60.9 Å². The summed E-state index contributed by atoms with van der Waals surface area (Å²) in [5, 5.41) is 2.96. The van der Waals surface area contributed by atoms with Crippen LogP contribution < -0.4 is 14.4 Å². The lowest BCUT2D eigenvalue weighted by atomic mass is 9.68. The Labute approximate surface area is 286 Å². The number of carbonyl (C=O) groups is 1. The third-order valence-electron chi connectivity index (χ3n) is 10.6. The topological polar surface area (TPSA) is 97.8 Å². The van der Waals surface area contributed by atoms with Gasteiger partial charge in [0.15, 0.2) is 0 Å². The van der Waals surface area contributed by atoms with Crippen LogP contribution in [-0.4, -0.2) is 50.4 Å². The number of aromatic nitrogens is 1. The number of benzene rings is 2. The number of nitrogens with zero attached hydrogens (tertiary/aromatic N) is 2. The van der Waals surface area contributed by atoms with E-state index >= 15 is 0 Å². The van der Waals surface area contributed by atoms with Crippen molar-refractivity contribution in [1.82, 2.24) is 9.71 Å². The van der Waals surface area contributed by atoms with Crippen LogP contribution in [-0.2, 0) is 33.2 Å². The van der Waals surface area contributed by atoms with Gasteiger partial charge in [-0.1, -0.05) is 36.7 Å². The van der Waals surface area contributed by atoms with Crippen LogP contribution in [0.3, 0.4) is 0 Å². The Morgan fingerprint density at radius 3 is 2.87 bits per heavy atom. The standard InChI is InChI=1S/C36H42ClN3O5S2/c1-2-28-7-3-4-8-32(44-21-34-38-16-17-46-34)29-12-9-26(29)20-40-22-36(15-5-6-24-18-27(37)11-13-30(24)36)23-45-33-14-10-25(19-31(33)40)35(41)39-47(28,42)43/h4,8,10-11,13-14,16-19,26,28-29,32H,2-3,5-7,9,12,15,20-23H2,1H3,(H,39,41)/b8-4+/t26-,28+,29+,32-,36-/m0/s1. The maximum Gasteiger partial charge on any atom is 0.264 e. The van der Waals surface area contributed by atoms with Gasteiger partial charge in [0.2, 0.25) is 10.0 Å². The number of amides is 1. The predicted octanol–water partition coefficient (Wildman–Crippen LogP) is 7.07. The molecule has 5 atom stereocenters. The quantitative estimate of drug-likeness (QED) is 0.292. The molecule has 1 saturated carbocycles. The SMILES string of the molecule is CC[C@@H]1CC/C=C/[C@H](OCc2nccs2)[C@@H]2CC[C@H]2CN2C[C@@]3(CCCc4cc(Cl)ccc43)COc3ccc(cc32)C(=O)NS1(=O)=O. The summed E-state index contributed by atoms with van der Waals surface area (Å²) in [5.74, 6) is 0.772. The van der Waals surface area contributed by atoms with Crippen molar-refractivity contribution >= 4 is 44.6 Å². The first-order valence-electron chi connectivity index (χ1n) is 16.8. The Morgan fingerprint density at radius 1 is 1.19 bits per heavy atom. The average Bonchev–Trinajstić information content (AvgIpc) is 3.51. The maximum atomic E-state index is 13.5. The minimum atomic E-state index is -3.89. The third-order valence-corrected chi connectivity index (χ3v) is 13.6. The average molecular weight is 696 g/mol. The largest absolute Gasteiger partial charge is 0.490 e. The maximum absolute atomic E-state index is 13.5. The Hall–Kier alpha value is -2.92. The second-order valence-electron chi connectivity index (χ2n) is 13.5. The van der Waals surface area contributed by atoms with Gasteiger partial charge in [-0.15, -0.1) is 11.3 Å². The first-order valence-corrected chi connectivity index (χ1v) is 19.6. The number of carbonyl (C=O) groups excluding carboxylic acids is 1. The number of sulfonamides is 1. The monoisotopic (exact) mass is 695 g/mol. The van der Waals surface area contributed by atoms with Crippen molar-refractivity contribution in [3.8, 4) is 5.75 Å². The molecule has 1 amide bonds. The van der Waals surface area contributed by atoms with E-state index in [0.29, 0.717) is 55.6 Å². The van der Waals surface area contributed by atoms with Crippen molar-refractivity contribution in [3.05, 3.63) is 86.8 Å². The van der Waals surface area contributed by atoms with E-state index in [1.807, 2.05) is 30.5 Å². The number of thiazole rings is 1.